The zero-order chi connectivity index (χ0) is 19.0. The van der Waals surface area contributed by atoms with Gasteiger partial charge in [0.2, 0.25) is 0 Å². The van der Waals surface area contributed by atoms with Gasteiger partial charge in [-0.15, -0.1) is 24.0 Å². The number of rotatable bonds is 9. The van der Waals surface area contributed by atoms with Crippen molar-refractivity contribution in [2.24, 2.45) is 4.99 Å². The summed E-state index contributed by atoms with van der Waals surface area (Å²) in [6, 6.07) is 6.08. The summed E-state index contributed by atoms with van der Waals surface area (Å²) in [5.41, 5.74) is 2.33. The topological polar surface area (TPSA) is 74.0 Å². The van der Waals surface area contributed by atoms with E-state index in [2.05, 4.69) is 51.8 Å². The molecule has 0 atom stereocenters. The van der Waals surface area contributed by atoms with Crippen molar-refractivity contribution in [3.63, 3.8) is 0 Å². The Morgan fingerprint density at radius 3 is 2.48 bits per heavy atom. The highest BCUT2D eigenvalue weighted by atomic mass is 127. The highest BCUT2D eigenvalue weighted by Crippen LogP contribution is 2.18. The maximum absolute atomic E-state index is 10.8. The number of imidazole rings is 1. The summed E-state index contributed by atoms with van der Waals surface area (Å²) in [4.78, 5) is 9.26. The molecule has 0 aliphatic heterocycles. The zero-order valence-corrected chi connectivity index (χ0v) is 19.3. The van der Waals surface area contributed by atoms with Crippen molar-refractivity contribution in [2.75, 3.05) is 13.1 Å². The van der Waals surface area contributed by atoms with Gasteiger partial charge in [-0.2, -0.15) is 0 Å². The average molecular weight is 487 g/mol. The first-order valence-corrected chi connectivity index (χ1v) is 9.69. The Kier molecular flexibility index (Phi) is 10.1. The number of hydrogen-bond acceptors (Lipinski definition) is 3. The quantitative estimate of drug-likeness (QED) is 0.287. The fourth-order valence-electron chi connectivity index (χ4n) is 3.26. The van der Waals surface area contributed by atoms with Gasteiger partial charge in [0.1, 0.15) is 5.65 Å². The van der Waals surface area contributed by atoms with Gasteiger partial charge in [0.25, 0.3) is 0 Å². The molecule has 0 fully saturated rings. The van der Waals surface area contributed by atoms with E-state index in [9.17, 15) is 5.11 Å². The molecule has 2 aromatic heterocycles. The fourth-order valence-corrected chi connectivity index (χ4v) is 3.26. The second kappa shape index (κ2) is 11.5. The third-order valence-electron chi connectivity index (χ3n) is 4.50. The average Bonchev–Trinajstić information content (AvgIpc) is 3.02. The molecule has 0 aliphatic carbocycles. The molecule has 0 aromatic carbocycles. The SMILES string of the molecule is CCCC(O)(CCC)CNC(=NCc1cn2c(C)cccc2n1)NCC.I. The standard InChI is InChI=1S/C20H33N5O.HI/c1-5-11-20(26,12-6-2)15-23-19(21-7-3)22-13-17-14-25-16(4)9-8-10-18(25)24-17;/h8-10,14,26H,5-7,11-13,15H2,1-4H3,(H2,21,22,23);1H. The van der Waals surface area contributed by atoms with Gasteiger partial charge in [-0.1, -0.05) is 32.8 Å². The van der Waals surface area contributed by atoms with E-state index in [1.54, 1.807) is 0 Å². The summed E-state index contributed by atoms with van der Waals surface area (Å²) in [5.74, 6) is 0.715. The van der Waals surface area contributed by atoms with E-state index >= 15 is 0 Å². The van der Waals surface area contributed by atoms with Crippen LogP contribution >= 0.6 is 24.0 Å². The largest absolute Gasteiger partial charge is 0.388 e. The molecule has 0 spiro atoms. The minimum Gasteiger partial charge on any atom is -0.388 e. The van der Waals surface area contributed by atoms with Gasteiger partial charge in [0, 0.05) is 25.0 Å². The van der Waals surface area contributed by atoms with E-state index in [1.165, 1.54) is 0 Å². The molecule has 3 N–H and O–H groups in total. The van der Waals surface area contributed by atoms with E-state index in [0.29, 0.717) is 19.0 Å². The smallest absolute Gasteiger partial charge is 0.191 e. The van der Waals surface area contributed by atoms with Gasteiger partial charge in [-0.05, 0) is 38.8 Å². The van der Waals surface area contributed by atoms with E-state index in [0.717, 1.165) is 49.3 Å². The highest BCUT2D eigenvalue weighted by Gasteiger charge is 2.24. The van der Waals surface area contributed by atoms with Crippen molar-refractivity contribution in [2.45, 2.75) is 65.5 Å². The number of nitrogens with zero attached hydrogens (tertiary/aromatic N) is 3. The van der Waals surface area contributed by atoms with Gasteiger partial charge in [0.05, 0.1) is 17.8 Å². The number of aryl methyl sites for hydroxylation is 1. The molecule has 2 heterocycles. The summed E-state index contributed by atoms with van der Waals surface area (Å²) in [7, 11) is 0. The molecule has 0 saturated carbocycles. The molecular formula is C20H34IN5O. The Balaban J connectivity index is 0.00000364. The lowest BCUT2D eigenvalue weighted by Crippen LogP contribution is -2.47. The van der Waals surface area contributed by atoms with Crippen LogP contribution in [0.25, 0.3) is 5.65 Å². The van der Waals surface area contributed by atoms with Gasteiger partial charge in [-0.3, -0.25) is 0 Å². The van der Waals surface area contributed by atoms with Gasteiger partial charge < -0.3 is 20.1 Å². The molecule has 152 valence electrons. The van der Waals surface area contributed by atoms with Crippen molar-refractivity contribution in [3.8, 4) is 0 Å². The number of guanidine groups is 1. The van der Waals surface area contributed by atoms with Crippen LogP contribution in [0.3, 0.4) is 0 Å². The van der Waals surface area contributed by atoms with Crippen LogP contribution in [0.5, 0.6) is 0 Å². The number of fused-ring (bicyclic) bond motifs is 1. The second-order valence-electron chi connectivity index (χ2n) is 6.90. The van der Waals surface area contributed by atoms with Crippen LogP contribution in [0.2, 0.25) is 0 Å². The molecule has 6 nitrogen and oxygen atoms in total. The monoisotopic (exact) mass is 487 g/mol. The second-order valence-corrected chi connectivity index (χ2v) is 6.90. The first-order valence-electron chi connectivity index (χ1n) is 9.69. The lowest BCUT2D eigenvalue weighted by atomic mass is 9.93. The van der Waals surface area contributed by atoms with Crippen LogP contribution in [0.1, 0.15) is 57.8 Å². The minimum atomic E-state index is -0.681. The summed E-state index contributed by atoms with van der Waals surface area (Å²) in [5, 5.41) is 17.3. The number of aromatic nitrogens is 2. The Hall–Kier alpha value is -1.35. The van der Waals surface area contributed by atoms with Crippen LogP contribution in [-0.4, -0.2) is 39.1 Å². The van der Waals surface area contributed by atoms with Crippen molar-refractivity contribution in [1.29, 1.82) is 0 Å². The Bertz CT molecular complexity index is 722. The van der Waals surface area contributed by atoms with Crippen LogP contribution in [0, 0.1) is 6.92 Å². The first kappa shape index (κ1) is 23.7. The van der Waals surface area contributed by atoms with Crippen LogP contribution < -0.4 is 10.6 Å². The number of nitrogens with one attached hydrogen (secondary N) is 2. The fraction of sp³-hybridized carbons (Fsp3) is 0.600. The molecule has 27 heavy (non-hydrogen) atoms. The summed E-state index contributed by atoms with van der Waals surface area (Å²) in [6.07, 6.45) is 5.54. The molecule has 0 bridgehead atoms. The highest BCUT2D eigenvalue weighted by molar-refractivity contribution is 14.0. The Morgan fingerprint density at radius 2 is 1.89 bits per heavy atom. The Morgan fingerprint density at radius 1 is 1.19 bits per heavy atom. The Labute approximate surface area is 179 Å². The van der Waals surface area contributed by atoms with Crippen LogP contribution in [0.4, 0.5) is 0 Å². The zero-order valence-electron chi connectivity index (χ0n) is 17.0. The van der Waals surface area contributed by atoms with Crippen molar-refractivity contribution in [1.82, 2.24) is 20.0 Å². The molecule has 0 radical (unpaired) electrons. The van der Waals surface area contributed by atoms with Crippen LogP contribution in [-0.2, 0) is 6.54 Å². The van der Waals surface area contributed by atoms with E-state index in [1.807, 2.05) is 25.3 Å². The number of aliphatic hydroxyl groups is 1. The third-order valence-corrected chi connectivity index (χ3v) is 4.50. The number of aliphatic imine (C=N–C) groups is 1. The number of halogens is 1. The molecule has 0 saturated heterocycles. The third kappa shape index (κ3) is 6.95. The number of pyridine rings is 1. The van der Waals surface area contributed by atoms with Gasteiger partial charge in [-0.25, -0.2) is 9.98 Å². The molecular weight excluding hydrogens is 453 g/mol. The molecule has 2 rings (SSSR count). The first-order chi connectivity index (χ1) is 12.5. The van der Waals surface area contributed by atoms with Gasteiger partial charge >= 0.3 is 0 Å². The molecule has 0 amide bonds. The maximum Gasteiger partial charge on any atom is 0.191 e. The molecule has 7 heteroatoms. The van der Waals surface area contributed by atoms with E-state index in [-0.39, 0.29) is 24.0 Å². The maximum atomic E-state index is 10.8. The summed E-state index contributed by atoms with van der Waals surface area (Å²) in [6.45, 7) is 10.1. The predicted molar refractivity (Wildman–Crippen MR) is 123 cm³/mol. The summed E-state index contributed by atoms with van der Waals surface area (Å²) < 4.78 is 2.08. The summed E-state index contributed by atoms with van der Waals surface area (Å²) >= 11 is 0. The predicted octanol–water partition coefficient (Wildman–Crippen LogP) is 3.65. The number of hydrogen-bond donors (Lipinski definition) is 3. The van der Waals surface area contributed by atoms with Crippen LogP contribution in [0.15, 0.2) is 29.4 Å². The van der Waals surface area contributed by atoms with Crippen molar-refractivity contribution >= 4 is 35.6 Å². The van der Waals surface area contributed by atoms with E-state index in [4.69, 9.17) is 0 Å². The van der Waals surface area contributed by atoms with Crippen molar-refractivity contribution < 1.29 is 5.11 Å². The van der Waals surface area contributed by atoms with E-state index < -0.39 is 5.60 Å². The molecule has 0 unspecified atom stereocenters. The lowest BCUT2D eigenvalue weighted by molar-refractivity contribution is 0.0257. The normalized spacial score (nSPS) is 12.1. The van der Waals surface area contributed by atoms with Crippen molar-refractivity contribution in [3.05, 3.63) is 35.8 Å². The lowest BCUT2D eigenvalue weighted by Gasteiger charge is -2.28. The molecule has 0 aliphatic rings. The minimum absolute atomic E-state index is 0. The molecule has 2 aromatic rings. The van der Waals surface area contributed by atoms with Gasteiger partial charge in [0.15, 0.2) is 5.96 Å².